The Labute approximate surface area is 102 Å². The molecule has 0 amide bonds. The summed E-state index contributed by atoms with van der Waals surface area (Å²) in [5, 5.41) is 3.30. The lowest BCUT2D eigenvalue weighted by Gasteiger charge is -2.01. The standard InChI is InChI=1S/C13H20N4/c1-2-3-4-5-8-15-13-16-11-7-6-10(14)9-12(11)17-13/h6-7,9H,2-5,8,14H2,1H3,(H2,15,16,17). The fourth-order valence-electron chi connectivity index (χ4n) is 1.87. The zero-order chi connectivity index (χ0) is 12.1. The number of H-pyrrole nitrogens is 1. The van der Waals surface area contributed by atoms with Crippen molar-refractivity contribution in [3.63, 3.8) is 0 Å². The fraction of sp³-hybridized carbons (Fsp3) is 0.462. The highest BCUT2D eigenvalue weighted by molar-refractivity contribution is 5.80. The van der Waals surface area contributed by atoms with Gasteiger partial charge >= 0.3 is 0 Å². The summed E-state index contributed by atoms with van der Waals surface area (Å²) >= 11 is 0. The highest BCUT2D eigenvalue weighted by Crippen LogP contribution is 2.17. The predicted molar refractivity (Wildman–Crippen MR) is 73.1 cm³/mol. The van der Waals surface area contributed by atoms with Crippen LogP contribution in [0.15, 0.2) is 18.2 Å². The van der Waals surface area contributed by atoms with Crippen LogP contribution in [0.1, 0.15) is 32.6 Å². The quantitative estimate of drug-likeness (QED) is 0.529. The van der Waals surface area contributed by atoms with Crippen LogP contribution in [0, 0.1) is 0 Å². The lowest BCUT2D eigenvalue weighted by atomic mass is 10.2. The molecule has 1 aromatic carbocycles. The van der Waals surface area contributed by atoms with E-state index in [0.717, 1.165) is 29.2 Å². The second-order valence-electron chi connectivity index (χ2n) is 4.35. The number of unbranched alkanes of at least 4 members (excludes halogenated alkanes) is 3. The van der Waals surface area contributed by atoms with Gasteiger partial charge in [0.2, 0.25) is 5.95 Å². The third-order valence-electron chi connectivity index (χ3n) is 2.83. The van der Waals surface area contributed by atoms with Gasteiger partial charge in [-0.15, -0.1) is 0 Å². The van der Waals surface area contributed by atoms with Crippen LogP contribution in [0.2, 0.25) is 0 Å². The first kappa shape index (κ1) is 11.8. The predicted octanol–water partition coefficient (Wildman–Crippen LogP) is 3.14. The number of nitrogen functional groups attached to an aromatic ring is 1. The molecule has 0 aliphatic carbocycles. The molecule has 4 heteroatoms. The maximum Gasteiger partial charge on any atom is 0.201 e. The molecule has 0 aliphatic rings. The van der Waals surface area contributed by atoms with Crippen molar-refractivity contribution in [2.45, 2.75) is 32.6 Å². The number of benzene rings is 1. The maximum atomic E-state index is 5.72. The first-order valence-corrected chi connectivity index (χ1v) is 6.28. The number of nitrogens with two attached hydrogens (primary N) is 1. The molecule has 0 aliphatic heterocycles. The second kappa shape index (κ2) is 5.57. The zero-order valence-corrected chi connectivity index (χ0v) is 10.3. The van der Waals surface area contributed by atoms with Crippen molar-refractivity contribution in [3.05, 3.63) is 18.2 Å². The Hall–Kier alpha value is -1.71. The van der Waals surface area contributed by atoms with E-state index in [1.54, 1.807) is 0 Å². The summed E-state index contributed by atoms with van der Waals surface area (Å²) in [6, 6.07) is 5.71. The third kappa shape index (κ3) is 3.12. The van der Waals surface area contributed by atoms with E-state index in [2.05, 4.69) is 22.2 Å². The minimum atomic E-state index is 0.760. The number of hydrogen-bond acceptors (Lipinski definition) is 3. The molecule has 1 aromatic heterocycles. The number of rotatable bonds is 6. The second-order valence-corrected chi connectivity index (χ2v) is 4.35. The van der Waals surface area contributed by atoms with E-state index in [-0.39, 0.29) is 0 Å². The lowest BCUT2D eigenvalue weighted by Crippen LogP contribution is -2.02. The molecule has 0 atom stereocenters. The monoisotopic (exact) mass is 232 g/mol. The minimum absolute atomic E-state index is 0.760. The van der Waals surface area contributed by atoms with Gasteiger partial charge in [0.25, 0.3) is 0 Å². The summed E-state index contributed by atoms with van der Waals surface area (Å²) in [7, 11) is 0. The Morgan fingerprint density at radius 2 is 2.18 bits per heavy atom. The molecule has 4 nitrogen and oxygen atoms in total. The van der Waals surface area contributed by atoms with Crippen LogP contribution in [-0.2, 0) is 0 Å². The summed E-state index contributed by atoms with van der Waals surface area (Å²) in [6.07, 6.45) is 5.03. The average Bonchev–Trinajstić information content (AvgIpc) is 2.70. The molecule has 0 unspecified atom stereocenters. The van der Waals surface area contributed by atoms with Crippen molar-refractivity contribution in [3.8, 4) is 0 Å². The van der Waals surface area contributed by atoms with E-state index >= 15 is 0 Å². The summed E-state index contributed by atoms with van der Waals surface area (Å²) in [5.74, 6) is 0.835. The van der Waals surface area contributed by atoms with Crippen molar-refractivity contribution < 1.29 is 0 Å². The van der Waals surface area contributed by atoms with E-state index in [1.807, 2.05) is 18.2 Å². The first-order chi connectivity index (χ1) is 8.29. The molecule has 0 spiro atoms. The smallest absolute Gasteiger partial charge is 0.201 e. The minimum Gasteiger partial charge on any atom is -0.399 e. The van der Waals surface area contributed by atoms with Gasteiger partial charge in [-0.2, -0.15) is 0 Å². The Balaban J connectivity index is 1.91. The molecule has 0 saturated carbocycles. The summed E-state index contributed by atoms with van der Waals surface area (Å²) in [6.45, 7) is 3.19. The number of aromatic amines is 1. The average molecular weight is 232 g/mol. The number of imidazole rings is 1. The van der Waals surface area contributed by atoms with Crippen LogP contribution >= 0.6 is 0 Å². The van der Waals surface area contributed by atoms with Crippen LogP contribution < -0.4 is 11.1 Å². The molecule has 0 saturated heterocycles. The topological polar surface area (TPSA) is 66.7 Å². The molecule has 92 valence electrons. The van der Waals surface area contributed by atoms with E-state index < -0.39 is 0 Å². The summed E-state index contributed by atoms with van der Waals surface area (Å²) in [5.41, 5.74) is 8.42. The van der Waals surface area contributed by atoms with Crippen molar-refractivity contribution in [2.75, 3.05) is 17.6 Å². The van der Waals surface area contributed by atoms with Gasteiger partial charge in [-0.05, 0) is 24.6 Å². The normalized spacial score (nSPS) is 10.9. The molecular weight excluding hydrogens is 212 g/mol. The molecular formula is C13H20N4. The van der Waals surface area contributed by atoms with Crippen molar-refractivity contribution in [1.82, 2.24) is 9.97 Å². The molecule has 2 aromatic rings. The van der Waals surface area contributed by atoms with Gasteiger partial charge < -0.3 is 16.0 Å². The highest BCUT2D eigenvalue weighted by Gasteiger charge is 2.01. The van der Waals surface area contributed by atoms with Crippen LogP contribution in [0.5, 0.6) is 0 Å². The highest BCUT2D eigenvalue weighted by atomic mass is 15.1. The summed E-state index contributed by atoms with van der Waals surface area (Å²) in [4.78, 5) is 7.67. The number of anilines is 2. The number of nitrogens with one attached hydrogen (secondary N) is 2. The molecule has 2 rings (SSSR count). The molecule has 1 heterocycles. The number of aromatic nitrogens is 2. The van der Waals surface area contributed by atoms with E-state index in [1.165, 1.54) is 25.7 Å². The number of fused-ring (bicyclic) bond motifs is 1. The Bertz CT molecular complexity index is 475. The van der Waals surface area contributed by atoms with Crippen LogP contribution in [-0.4, -0.2) is 16.5 Å². The molecule has 4 N–H and O–H groups in total. The molecule has 0 bridgehead atoms. The van der Waals surface area contributed by atoms with E-state index in [4.69, 9.17) is 5.73 Å². The van der Waals surface area contributed by atoms with E-state index in [9.17, 15) is 0 Å². The largest absolute Gasteiger partial charge is 0.399 e. The Kier molecular flexibility index (Phi) is 3.85. The van der Waals surface area contributed by atoms with Crippen LogP contribution in [0.4, 0.5) is 11.6 Å². The van der Waals surface area contributed by atoms with Crippen molar-refractivity contribution >= 4 is 22.7 Å². The van der Waals surface area contributed by atoms with Crippen LogP contribution in [0.25, 0.3) is 11.0 Å². The van der Waals surface area contributed by atoms with Gasteiger partial charge in [0.1, 0.15) is 0 Å². The first-order valence-electron chi connectivity index (χ1n) is 6.28. The molecule has 17 heavy (non-hydrogen) atoms. The SMILES string of the molecule is CCCCCCNc1nc2ccc(N)cc2[nH]1. The maximum absolute atomic E-state index is 5.72. The molecule has 0 radical (unpaired) electrons. The Morgan fingerprint density at radius 1 is 1.29 bits per heavy atom. The number of nitrogens with zero attached hydrogens (tertiary/aromatic N) is 1. The molecule has 0 fully saturated rings. The van der Waals surface area contributed by atoms with Crippen molar-refractivity contribution in [1.29, 1.82) is 0 Å². The third-order valence-corrected chi connectivity index (χ3v) is 2.83. The Morgan fingerprint density at radius 3 is 3.00 bits per heavy atom. The van der Waals surface area contributed by atoms with Gasteiger partial charge in [-0.1, -0.05) is 26.2 Å². The zero-order valence-electron chi connectivity index (χ0n) is 10.3. The summed E-state index contributed by atoms with van der Waals surface area (Å²) < 4.78 is 0. The van der Waals surface area contributed by atoms with Gasteiger partial charge in [0, 0.05) is 12.2 Å². The van der Waals surface area contributed by atoms with Gasteiger partial charge in [-0.25, -0.2) is 4.98 Å². The lowest BCUT2D eigenvalue weighted by molar-refractivity contribution is 0.684. The van der Waals surface area contributed by atoms with Crippen LogP contribution in [0.3, 0.4) is 0 Å². The van der Waals surface area contributed by atoms with Gasteiger partial charge in [-0.3, -0.25) is 0 Å². The van der Waals surface area contributed by atoms with E-state index in [0.29, 0.717) is 0 Å². The van der Waals surface area contributed by atoms with Crippen molar-refractivity contribution in [2.24, 2.45) is 0 Å². The van der Waals surface area contributed by atoms with Gasteiger partial charge in [0.15, 0.2) is 0 Å². The van der Waals surface area contributed by atoms with Gasteiger partial charge in [0.05, 0.1) is 11.0 Å². The fourth-order valence-corrected chi connectivity index (χ4v) is 1.87. The number of hydrogen-bond donors (Lipinski definition) is 3.